The molecule has 116 valence electrons. The van der Waals surface area contributed by atoms with Crippen LogP contribution in [0, 0.1) is 0 Å². The number of hydrogen-bond acceptors (Lipinski definition) is 4. The molecule has 1 aliphatic carbocycles. The molecule has 6 heteroatoms. The average molecular weight is 381 g/mol. The van der Waals surface area contributed by atoms with Crippen molar-refractivity contribution < 1.29 is 9.21 Å². The van der Waals surface area contributed by atoms with Crippen LogP contribution in [0.3, 0.4) is 0 Å². The average Bonchev–Trinajstić information content (AvgIpc) is 3.16. The van der Waals surface area contributed by atoms with Gasteiger partial charge in [0.1, 0.15) is 0 Å². The van der Waals surface area contributed by atoms with E-state index in [4.69, 9.17) is 4.42 Å². The molecule has 0 radical (unpaired) electrons. The predicted molar refractivity (Wildman–Crippen MR) is 90.8 cm³/mol. The smallest absolute Gasteiger partial charge is 0.256 e. The second-order valence-electron chi connectivity index (χ2n) is 5.34. The maximum absolute atomic E-state index is 11.9. The van der Waals surface area contributed by atoms with Crippen LogP contribution in [0.2, 0.25) is 0 Å². The Labute approximate surface area is 142 Å². The summed E-state index contributed by atoms with van der Waals surface area (Å²) in [5.41, 5.74) is 0.962. The molecule has 0 spiro atoms. The van der Waals surface area contributed by atoms with Crippen LogP contribution in [0.1, 0.15) is 25.7 Å². The van der Waals surface area contributed by atoms with Gasteiger partial charge in [0.25, 0.3) is 5.22 Å². The van der Waals surface area contributed by atoms with Crippen LogP contribution in [-0.2, 0) is 4.79 Å². The van der Waals surface area contributed by atoms with Crippen LogP contribution < -0.4 is 5.32 Å². The first-order chi connectivity index (χ1) is 10.7. The first-order valence-corrected chi connectivity index (χ1v) is 9.12. The van der Waals surface area contributed by atoms with E-state index in [0.29, 0.717) is 22.8 Å². The fraction of sp³-hybridized carbons (Fsp3) is 0.375. The molecule has 1 aliphatic rings. The van der Waals surface area contributed by atoms with Crippen LogP contribution >= 0.6 is 27.7 Å². The summed E-state index contributed by atoms with van der Waals surface area (Å²) in [6.45, 7) is 0. The number of carbonyl (C=O) groups excluding carboxylic acids is 1. The maximum Gasteiger partial charge on any atom is 0.256 e. The number of nitrogens with zero attached hydrogens (tertiary/aromatic N) is 1. The van der Waals surface area contributed by atoms with E-state index in [2.05, 4.69) is 26.2 Å². The third kappa shape index (κ3) is 4.14. The van der Waals surface area contributed by atoms with E-state index in [1.165, 1.54) is 24.6 Å². The van der Waals surface area contributed by atoms with Gasteiger partial charge in [0.05, 0.1) is 11.9 Å². The minimum absolute atomic E-state index is 0.0547. The molecule has 1 amide bonds. The number of nitrogens with one attached hydrogen (secondary N) is 1. The number of benzene rings is 1. The molecular formula is C16H17BrN2O2S. The highest BCUT2D eigenvalue weighted by molar-refractivity contribution is 9.10. The van der Waals surface area contributed by atoms with Gasteiger partial charge in [-0.1, -0.05) is 52.7 Å². The fourth-order valence-corrected chi connectivity index (χ4v) is 3.58. The SMILES string of the molecule is O=C(CSc1ncc(-c2cccc(Br)c2)o1)NC1CCCC1. The number of oxazole rings is 1. The van der Waals surface area contributed by atoms with Crippen molar-refractivity contribution in [3.05, 3.63) is 34.9 Å². The van der Waals surface area contributed by atoms with E-state index in [1.807, 2.05) is 24.3 Å². The molecule has 0 bridgehead atoms. The standard InChI is InChI=1S/C16H17BrN2O2S/c17-12-5-3-4-11(8-12)14-9-18-16(21-14)22-10-15(20)19-13-6-1-2-7-13/h3-5,8-9,13H,1-2,6-7,10H2,(H,19,20). The van der Waals surface area contributed by atoms with E-state index in [0.717, 1.165) is 22.9 Å². The van der Waals surface area contributed by atoms with E-state index in [-0.39, 0.29) is 5.91 Å². The fourth-order valence-electron chi connectivity index (χ4n) is 2.57. The molecule has 1 aromatic carbocycles. The highest BCUT2D eigenvalue weighted by Crippen LogP contribution is 2.27. The second kappa shape index (κ2) is 7.33. The Morgan fingerprint density at radius 1 is 1.41 bits per heavy atom. The topological polar surface area (TPSA) is 55.1 Å². The van der Waals surface area contributed by atoms with Crippen molar-refractivity contribution in [3.63, 3.8) is 0 Å². The van der Waals surface area contributed by atoms with Gasteiger partial charge >= 0.3 is 0 Å². The Balaban J connectivity index is 1.54. The lowest BCUT2D eigenvalue weighted by atomic mass is 10.2. The zero-order valence-electron chi connectivity index (χ0n) is 12.0. The molecule has 0 aliphatic heterocycles. The normalized spacial score (nSPS) is 15.1. The summed E-state index contributed by atoms with van der Waals surface area (Å²) in [6.07, 6.45) is 6.32. The molecular weight excluding hydrogens is 364 g/mol. The number of halogens is 1. The summed E-state index contributed by atoms with van der Waals surface area (Å²) in [7, 11) is 0. The maximum atomic E-state index is 11.9. The third-order valence-electron chi connectivity index (χ3n) is 3.64. The quantitative estimate of drug-likeness (QED) is 0.787. The molecule has 3 rings (SSSR count). The van der Waals surface area contributed by atoms with Crippen LogP contribution in [-0.4, -0.2) is 22.7 Å². The molecule has 1 fully saturated rings. The zero-order valence-corrected chi connectivity index (χ0v) is 14.5. The molecule has 4 nitrogen and oxygen atoms in total. The van der Waals surface area contributed by atoms with Crippen molar-refractivity contribution in [1.82, 2.24) is 10.3 Å². The van der Waals surface area contributed by atoms with Gasteiger partial charge < -0.3 is 9.73 Å². The van der Waals surface area contributed by atoms with Crippen LogP contribution in [0.25, 0.3) is 11.3 Å². The highest BCUT2D eigenvalue weighted by atomic mass is 79.9. The van der Waals surface area contributed by atoms with Crippen molar-refractivity contribution in [1.29, 1.82) is 0 Å². The lowest BCUT2D eigenvalue weighted by molar-refractivity contribution is -0.119. The minimum atomic E-state index is 0.0547. The molecule has 2 aromatic rings. The molecule has 0 atom stereocenters. The lowest BCUT2D eigenvalue weighted by Gasteiger charge is -2.10. The number of thioether (sulfide) groups is 1. The summed E-state index contributed by atoms with van der Waals surface area (Å²) in [6, 6.07) is 8.20. The summed E-state index contributed by atoms with van der Waals surface area (Å²) < 4.78 is 6.69. The molecule has 0 unspecified atom stereocenters. The number of amides is 1. The van der Waals surface area contributed by atoms with E-state index in [9.17, 15) is 4.79 Å². The van der Waals surface area contributed by atoms with Gasteiger partial charge in [-0.15, -0.1) is 0 Å². The van der Waals surface area contributed by atoms with E-state index >= 15 is 0 Å². The highest BCUT2D eigenvalue weighted by Gasteiger charge is 2.17. The first-order valence-electron chi connectivity index (χ1n) is 7.34. The third-order valence-corrected chi connectivity index (χ3v) is 4.98. The van der Waals surface area contributed by atoms with Crippen molar-refractivity contribution in [2.75, 3.05) is 5.75 Å². The number of hydrogen-bond donors (Lipinski definition) is 1. The number of aromatic nitrogens is 1. The molecule has 1 aromatic heterocycles. The van der Waals surface area contributed by atoms with Crippen molar-refractivity contribution in [2.45, 2.75) is 36.9 Å². The molecule has 22 heavy (non-hydrogen) atoms. The van der Waals surface area contributed by atoms with Gasteiger partial charge in [0.15, 0.2) is 5.76 Å². The number of carbonyl (C=O) groups is 1. The van der Waals surface area contributed by atoms with Crippen LogP contribution in [0.5, 0.6) is 0 Å². The van der Waals surface area contributed by atoms with E-state index < -0.39 is 0 Å². The van der Waals surface area contributed by atoms with Crippen molar-refractivity contribution >= 4 is 33.6 Å². The Hall–Kier alpha value is -1.27. The van der Waals surface area contributed by atoms with E-state index in [1.54, 1.807) is 6.20 Å². The molecule has 1 heterocycles. The Bertz CT molecular complexity index is 653. The summed E-state index contributed by atoms with van der Waals surface area (Å²) in [5.74, 6) is 1.11. The Kier molecular flexibility index (Phi) is 5.20. The molecule has 1 saturated carbocycles. The largest absolute Gasteiger partial charge is 0.431 e. The lowest BCUT2D eigenvalue weighted by Crippen LogP contribution is -2.33. The predicted octanol–water partition coefficient (Wildman–Crippen LogP) is 4.26. The molecule has 0 saturated heterocycles. The zero-order chi connectivity index (χ0) is 15.4. The van der Waals surface area contributed by atoms with Gasteiger partial charge in [-0.05, 0) is 25.0 Å². The number of rotatable bonds is 5. The first kappa shape index (κ1) is 15.6. The monoisotopic (exact) mass is 380 g/mol. The second-order valence-corrected chi connectivity index (χ2v) is 7.18. The molecule has 1 N–H and O–H groups in total. The van der Waals surface area contributed by atoms with Gasteiger partial charge in [-0.25, -0.2) is 4.98 Å². The van der Waals surface area contributed by atoms with Gasteiger partial charge in [-0.2, -0.15) is 0 Å². The summed E-state index contributed by atoms with van der Waals surface area (Å²) in [5, 5.41) is 3.58. The van der Waals surface area contributed by atoms with Crippen LogP contribution in [0.15, 0.2) is 44.6 Å². The van der Waals surface area contributed by atoms with Crippen molar-refractivity contribution in [3.8, 4) is 11.3 Å². The van der Waals surface area contributed by atoms with Gasteiger partial charge in [0, 0.05) is 16.1 Å². The van der Waals surface area contributed by atoms with Crippen molar-refractivity contribution in [2.24, 2.45) is 0 Å². The van der Waals surface area contributed by atoms with Gasteiger partial charge in [-0.3, -0.25) is 4.79 Å². The summed E-state index contributed by atoms with van der Waals surface area (Å²) >= 11 is 4.77. The minimum Gasteiger partial charge on any atom is -0.431 e. The Morgan fingerprint density at radius 3 is 3.00 bits per heavy atom. The Morgan fingerprint density at radius 2 is 2.23 bits per heavy atom. The van der Waals surface area contributed by atoms with Crippen LogP contribution in [0.4, 0.5) is 0 Å². The van der Waals surface area contributed by atoms with Gasteiger partial charge in [0.2, 0.25) is 5.91 Å². The summed E-state index contributed by atoms with van der Waals surface area (Å²) in [4.78, 5) is 16.1.